The van der Waals surface area contributed by atoms with Gasteiger partial charge in [-0.2, -0.15) is 5.26 Å². The molecule has 1 amide bonds. The smallest absolute Gasteiger partial charge is 0.276 e. The van der Waals surface area contributed by atoms with Gasteiger partial charge in [0, 0.05) is 31.6 Å². The summed E-state index contributed by atoms with van der Waals surface area (Å²) in [5.41, 5.74) is 4.72. The molecule has 1 saturated heterocycles. The Morgan fingerprint density at radius 2 is 1.87 bits per heavy atom. The van der Waals surface area contributed by atoms with Crippen LogP contribution in [-0.2, 0) is 4.79 Å². The van der Waals surface area contributed by atoms with Gasteiger partial charge in [0.2, 0.25) is 5.91 Å². The van der Waals surface area contributed by atoms with Gasteiger partial charge in [-0.3, -0.25) is 14.2 Å². The second-order valence-electron chi connectivity index (χ2n) is 11.0. The number of nitrogens with zero attached hydrogens (tertiary/aromatic N) is 5. The van der Waals surface area contributed by atoms with Gasteiger partial charge in [-0.05, 0) is 42.8 Å². The van der Waals surface area contributed by atoms with E-state index in [1.54, 1.807) is 22.1 Å². The Labute approximate surface area is 272 Å². The number of nitriles is 1. The quantitative estimate of drug-likeness (QED) is 0.148. The minimum Gasteiger partial charge on any atom is -0.395 e. The average molecular weight is 675 g/mol. The van der Waals surface area contributed by atoms with Crippen molar-refractivity contribution in [1.29, 1.82) is 5.26 Å². The Kier molecular flexibility index (Phi) is 8.86. The highest BCUT2D eigenvalue weighted by atomic mass is 35.5. The number of amides is 1. The fourth-order valence-corrected chi connectivity index (χ4v) is 6.35. The Morgan fingerprint density at radius 1 is 1.20 bits per heavy atom. The van der Waals surface area contributed by atoms with Gasteiger partial charge < -0.3 is 20.9 Å². The molecule has 0 radical (unpaired) electrons. The largest absolute Gasteiger partial charge is 0.395 e. The van der Waals surface area contributed by atoms with E-state index in [0.717, 1.165) is 0 Å². The Balaban J connectivity index is 1.90. The maximum atomic E-state index is 15.6. The number of nitrogens with two attached hydrogens (primary N) is 1. The van der Waals surface area contributed by atoms with Gasteiger partial charge in [0.25, 0.3) is 5.56 Å². The lowest BCUT2D eigenvalue weighted by Gasteiger charge is -2.37. The van der Waals surface area contributed by atoms with Crippen molar-refractivity contribution in [3.8, 4) is 17.3 Å². The molecule has 1 unspecified atom stereocenters. The lowest BCUT2D eigenvalue weighted by atomic mass is 9.94. The molecular weight excluding hydrogens is 647 g/mol. The Morgan fingerprint density at radius 3 is 2.47 bits per heavy atom. The number of allylic oxidation sites excluding steroid dienone is 2. The average Bonchev–Trinajstić information content (AvgIpc) is 3.02. The Bertz CT molecular complexity index is 1910. The molecule has 1 aromatic carbocycles. The van der Waals surface area contributed by atoms with Crippen molar-refractivity contribution in [2.24, 2.45) is 5.92 Å². The second kappa shape index (κ2) is 12.4. The number of hydrogen-bond acceptors (Lipinski definition) is 7. The number of fused-ring (bicyclic) bond motifs is 1. The molecule has 4 heterocycles. The molecule has 1 atom stereocenters. The number of nitrogens with one attached hydrogen (secondary N) is 1. The van der Waals surface area contributed by atoms with E-state index in [0.29, 0.717) is 24.4 Å². The number of nitrogen functional groups attached to an aromatic ring is 1. The van der Waals surface area contributed by atoms with Crippen LogP contribution in [-0.4, -0.2) is 52.6 Å². The zero-order chi connectivity index (χ0) is 32.9. The highest BCUT2D eigenvalue weighted by Crippen LogP contribution is 2.43. The first-order valence-electron chi connectivity index (χ1n) is 13.9. The zero-order valence-corrected chi connectivity index (χ0v) is 26.8. The lowest BCUT2D eigenvalue weighted by Crippen LogP contribution is -2.49. The summed E-state index contributed by atoms with van der Waals surface area (Å²) < 4.78 is 32.4. The number of carbonyl (C=O) groups excluding carboxylic acids is 1. The van der Waals surface area contributed by atoms with Crippen LogP contribution in [0, 0.1) is 28.9 Å². The second-order valence-corrected chi connectivity index (χ2v) is 12.2. The van der Waals surface area contributed by atoms with Crippen LogP contribution in [0.1, 0.15) is 26.3 Å². The van der Waals surface area contributed by atoms with Crippen molar-refractivity contribution < 1.29 is 13.6 Å². The molecule has 5 rings (SSSR count). The van der Waals surface area contributed by atoms with E-state index < -0.39 is 44.5 Å². The first-order valence-corrected chi connectivity index (χ1v) is 15.1. The third-order valence-corrected chi connectivity index (χ3v) is 9.15. The third kappa shape index (κ3) is 5.31. The van der Waals surface area contributed by atoms with E-state index in [9.17, 15) is 14.9 Å². The molecule has 0 saturated carbocycles. The highest BCUT2D eigenvalue weighted by Gasteiger charge is 2.33. The van der Waals surface area contributed by atoms with E-state index in [2.05, 4.69) is 22.9 Å². The summed E-state index contributed by atoms with van der Waals surface area (Å²) in [5, 5.41) is 12.6. The monoisotopic (exact) mass is 673 g/mol. The number of halogens is 5. The number of hydrogen-bond donors (Lipinski definition) is 2. The van der Waals surface area contributed by atoms with Crippen molar-refractivity contribution in [2.75, 3.05) is 36.8 Å². The van der Waals surface area contributed by atoms with Gasteiger partial charge >= 0.3 is 0 Å². The minimum absolute atomic E-state index is 0.00135. The molecule has 2 aliphatic rings. The molecule has 2 aliphatic heterocycles. The molecule has 2 aromatic heterocycles. The van der Waals surface area contributed by atoms with Crippen molar-refractivity contribution in [2.45, 2.75) is 26.8 Å². The SMILES string of the molecule is C=CC(=O)N1CCN(c2c(C#N)c(=O)n(C3=C(C)C=CNC3C(C)C)c3nc(-c4c(F)c(N)c(Cl)c(Cl)c4F)c(Cl)cc23)CC1. The van der Waals surface area contributed by atoms with Crippen LogP contribution in [0.5, 0.6) is 0 Å². The molecule has 3 aromatic rings. The van der Waals surface area contributed by atoms with Gasteiger partial charge in [-0.25, -0.2) is 13.8 Å². The summed E-state index contributed by atoms with van der Waals surface area (Å²) in [5.74, 6) is -2.72. The van der Waals surface area contributed by atoms with Gasteiger partial charge in [0.05, 0.1) is 49.4 Å². The number of carbonyl (C=O) groups is 1. The van der Waals surface area contributed by atoms with Crippen LogP contribution in [0.2, 0.25) is 15.1 Å². The number of anilines is 2. The van der Waals surface area contributed by atoms with Crippen molar-refractivity contribution in [3.63, 3.8) is 0 Å². The summed E-state index contributed by atoms with van der Waals surface area (Å²) >= 11 is 18.7. The number of benzene rings is 1. The fraction of sp³-hybridized carbons (Fsp3) is 0.290. The fourth-order valence-electron chi connectivity index (χ4n) is 5.75. The van der Waals surface area contributed by atoms with E-state index in [-0.39, 0.29) is 57.9 Å². The van der Waals surface area contributed by atoms with Crippen LogP contribution in [0.15, 0.2) is 41.4 Å². The summed E-state index contributed by atoms with van der Waals surface area (Å²) in [6, 6.07) is 3.09. The molecule has 45 heavy (non-hydrogen) atoms. The van der Waals surface area contributed by atoms with Gasteiger partial charge in [-0.15, -0.1) is 0 Å². The van der Waals surface area contributed by atoms with Gasteiger partial charge in [-0.1, -0.05) is 55.2 Å². The predicted octanol–water partition coefficient (Wildman–Crippen LogP) is 5.96. The van der Waals surface area contributed by atoms with Crippen LogP contribution in [0.4, 0.5) is 20.2 Å². The first kappa shape index (κ1) is 32.3. The van der Waals surface area contributed by atoms with Crippen molar-refractivity contribution in [1.82, 2.24) is 19.8 Å². The van der Waals surface area contributed by atoms with Crippen LogP contribution in [0.25, 0.3) is 28.0 Å². The number of dihydropyridines is 1. The van der Waals surface area contributed by atoms with Crippen LogP contribution in [0.3, 0.4) is 0 Å². The normalized spacial score (nSPS) is 16.8. The number of pyridine rings is 2. The first-order chi connectivity index (χ1) is 21.3. The van der Waals surface area contributed by atoms with E-state index in [1.807, 2.05) is 20.8 Å². The molecule has 0 spiro atoms. The standard InChI is InChI=1S/C31H28Cl3F2N7O2/c1-5-19(44)41-8-10-42(11-9-41)29-16-12-18(32)27(20-23(35)21(33)22(34)25(38)24(20)36)40-30(16)43(31(45)17(29)13-37)28-15(4)6-7-39-26(28)14(2)3/h5-7,12,14,26,39H,1,8-11,38H2,2-4H3. The molecule has 0 bridgehead atoms. The van der Waals surface area contributed by atoms with Crippen LogP contribution >= 0.6 is 34.8 Å². The summed E-state index contributed by atoms with van der Waals surface area (Å²) in [4.78, 5) is 34.7. The zero-order valence-electron chi connectivity index (χ0n) is 24.5. The van der Waals surface area contributed by atoms with Crippen molar-refractivity contribution >= 4 is 68.8 Å². The maximum absolute atomic E-state index is 15.6. The summed E-state index contributed by atoms with van der Waals surface area (Å²) in [6.07, 6.45) is 4.76. The van der Waals surface area contributed by atoms with E-state index in [1.165, 1.54) is 16.7 Å². The molecule has 3 N–H and O–H groups in total. The molecule has 234 valence electrons. The number of aromatic nitrogens is 2. The number of rotatable bonds is 5. The molecule has 0 aliphatic carbocycles. The highest BCUT2D eigenvalue weighted by molar-refractivity contribution is 6.44. The minimum atomic E-state index is -1.23. The van der Waals surface area contributed by atoms with E-state index in [4.69, 9.17) is 40.5 Å². The predicted molar refractivity (Wildman–Crippen MR) is 174 cm³/mol. The maximum Gasteiger partial charge on any atom is 0.276 e. The van der Waals surface area contributed by atoms with Gasteiger partial charge in [0.1, 0.15) is 17.3 Å². The third-order valence-electron chi connectivity index (χ3n) is 8.02. The molecule has 1 fully saturated rings. The van der Waals surface area contributed by atoms with Crippen molar-refractivity contribution in [3.05, 3.63) is 79.2 Å². The Hall–Kier alpha value is -4.11. The van der Waals surface area contributed by atoms with Gasteiger partial charge in [0.15, 0.2) is 11.6 Å². The van der Waals surface area contributed by atoms with Crippen LogP contribution < -0.4 is 21.5 Å². The topological polar surface area (TPSA) is 120 Å². The number of piperazine rings is 1. The molecule has 14 heteroatoms. The summed E-state index contributed by atoms with van der Waals surface area (Å²) in [7, 11) is 0. The molecular formula is C31H28Cl3F2N7O2. The lowest BCUT2D eigenvalue weighted by molar-refractivity contribution is -0.126. The molecule has 9 nitrogen and oxygen atoms in total. The van der Waals surface area contributed by atoms with E-state index >= 15 is 8.78 Å². The summed E-state index contributed by atoms with van der Waals surface area (Å²) in [6.45, 7) is 10.4.